The third-order valence-electron chi connectivity index (χ3n) is 19.2. The highest BCUT2D eigenvalue weighted by Gasteiger charge is 2.46. The average molecular weight is 1730 g/mol. The fourth-order valence-electron chi connectivity index (χ4n) is 13.9. The molecule has 119 heavy (non-hydrogen) atoms. The van der Waals surface area contributed by atoms with Gasteiger partial charge in [-0.3, -0.25) is 24.5 Å². The van der Waals surface area contributed by atoms with Crippen LogP contribution in [0.3, 0.4) is 0 Å². The maximum atomic E-state index is 11.5. The predicted octanol–water partition coefficient (Wildman–Crippen LogP) is 16.7. The lowest BCUT2D eigenvalue weighted by Crippen LogP contribution is -2.48. The average Bonchev–Trinajstić information content (AvgIpc) is 0.645. The Morgan fingerprint density at radius 2 is 0.513 bits per heavy atom. The van der Waals surface area contributed by atoms with Gasteiger partial charge in [-0.1, -0.05) is 96.4 Å². The summed E-state index contributed by atoms with van der Waals surface area (Å²) in [4.78, 5) is 2.40. The zero-order valence-corrected chi connectivity index (χ0v) is 67.7. The van der Waals surface area contributed by atoms with Crippen molar-refractivity contribution in [2.45, 2.75) is 253 Å². The van der Waals surface area contributed by atoms with Crippen molar-refractivity contribution in [3.8, 4) is 57.5 Å². The van der Waals surface area contributed by atoms with Crippen LogP contribution < -0.4 is 47.4 Å². The summed E-state index contributed by atoms with van der Waals surface area (Å²) in [5.74, 6) is -20.9. The zero-order valence-electron chi connectivity index (χ0n) is 144. The number of rotatable bonds is 16. The molecule has 0 saturated carbocycles. The van der Waals surface area contributed by atoms with Crippen LogP contribution in [0.4, 0.5) is 0 Å². The number of benzene rings is 5. The Labute approximate surface area is 821 Å². The Morgan fingerprint density at radius 1 is 0.328 bits per heavy atom. The van der Waals surface area contributed by atoms with E-state index in [2.05, 4.69) is 0 Å². The molecule has 15 rings (SSSR count). The molecule has 0 bridgehead atoms. The van der Waals surface area contributed by atoms with Gasteiger partial charge < -0.3 is 72.9 Å². The number of nitrogens with zero attached hydrogens (tertiary/aromatic N) is 5. The quantitative estimate of drug-likeness (QED) is 0.0622. The molecule has 20 heteroatoms. The van der Waals surface area contributed by atoms with Crippen molar-refractivity contribution >= 4 is 0 Å². The molecule has 15 unspecified atom stereocenters. The number of ether oxygens (including phenoxy) is 10. The normalized spacial score (nSPS) is 51.9. The molecular formula is C99H153N5O15. The van der Waals surface area contributed by atoms with Crippen LogP contribution >= 0.6 is 0 Å². The van der Waals surface area contributed by atoms with E-state index < -0.39 is 326 Å². The van der Waals surface area contributed by atoms with Gasteiger partial charge in [0.2, 0.25) is 0 Å². The first-order chi connectivity index (χ1) is 85.9. The lowest BCUT2D eigenvalue weighted by molar-refractivity contribution is -0.0259. The van der Waals surface area contributed by atoms with E-state index >= 15 is 0 Å². The highest BCUT2D eigenvalue weighted by atomic mass is 16.5. The number of aliphatic hydroxyl groups is 5. The minimum absolute atomic E-state index is 0.00465. The number of hydrogen-bond donors (Lipinski definition) is 5. The summed E-state index contributed by atoms with van der Waals surface area (Å²) >= 11 is 0. The van der Waals surface area contributed by atoms with Crippen molar-refractivity contribution in [3.63, 3.8) is 0 Å². The van der Waals surface area contributed by atoms with Crippen LogP contribution in [0, 0.1) is 57.0 Å². The number of methoxy groups -OCH3 is 10. The van der Waals surface area contributed by atoms with Gasteiger partial charge in [-0.15, -0.1) is 0 Å². The van der Waals surface area contributed by atoms with Crippen LogP contribution in [0.25, 0.3) is 0 Å². The third-order valence-corrected chi connectivity index (χ3v) is 19.2. The first-order valence-corrected chi connectivity index (χ1v) is 37.2. The first kappa shape index (κ1) is 35.6. The highest BCUT2D eigenvalue weighted by Crippen LogP contribution is 2.52. The van der Waals surface area contributed by atoms with Gasteiger partial charge >= 0.3 is 0 Å². The van der Waals surface area contributed by atoms with E-state index in [1.165, 1.54) is 80.1 Å². The Kier molecular flexibility index (Phi) is 11.9. The van der Waals surface area contributed by atoms with Crippen LogP contribution in [0.1, 0.15) is 350 Å². The summed E-state index contributed by atoms with van der Waals surface area (Å²) in [6, 6.07) is -3.29. The standard InChI is InChI=1S/4C20H31NO3.C19H29NO3/c4*1-20(2,3)11-14-12-21-7-6-13-8-18(23-4)19(24-5)9-15(13)16(21)10-17(14)22;1-12(2)7-14-11-20-6-5-13-8-18(22-3)19(23-4)9-15(13)16(20)10-17(14)21/h4*8-9,14,16-17,22H,6-7,10-12H2,1-5H3;8-9,12,14,16-17,21H,5-7,10-11H2,1-4H3/i2*1D3,2D3,5D3,10D2,11D2,12D2,14D,16D,17D;2*1D3,2D3,10D2,11D2,12D2,14D,16D,17D;4D3,10D2,11D2,14D,16D,17D. The van der Waals surface area contributed by atoms with Crippen molar-refractivity contribution in [2.24, 2.45) is 57.0 Å². The van der Waals surface area contributed by atoms with E-state index in [0.717, 1.165) is 35.2 Å². The molecule has 5 aromatic carbocycles. The highest BCUT2D eigenvalue weighted by molar-refractivity contribution is 5.54. The van der Waals surface area contributed by atoms with Gasteiger partial charge in [-0.2, -0.15) is 0 Å². The monoisotopic (exact) mass is 1730 g/mol. The van der Waals surface area contributed by atoms with Crippen LogP contribution in [0.5, 0.6) is 57.5 Å². The molecule has 5 N–H and O–H groups in total. The molecule has 15 atom stereocenters. The summed E-state index contributed by atoms with van der Waals surface area (Å²) in [7, 11) is -0.202. The maximum Gasteiger partial charge on any atom is 0.161 e. The molecule has 5 aromatic rings. The summed E-state index contributed by atoms with van der Waals surface area (Å²) in [6.45, 7) is -45.4. The molecule has 10 heterocycles. The van der Waals surface area contributed by atoms with E-state index in [1.807, 2.05) is 0 Å². The Hall–Kier alpha value is -6.30. The summed E-state index contributed by atoms with van der Waals surface area (Å²) < 4.78 is 689. The van der Waals surface area contributed by atoms with Crippen LogP contribution in [0.2, 0.25) is 0 Å². The second kappa shape index (κ2) is 39.7. The van der Waals surface area contributed by atoms with E-state index in [1.54, 1.807) is 13.8 Å². The molecule has 10 aliphatic rings. The molecule has 20 nitrogen and oxygen atoms in total. The molecule has 0 aromatic heterocycles. The van der Waals surface area contributed by atoms with Crippen molar-refractivity contribution in [3.05, 3.63) is 116 Å². The van der Waals surface area contributed by atoms with Gasteiger partial charge in [0, 0.05) is 173 Å². The molecule has 0 spiro atoms. The summed E-state index contributed by atoms with van der Waals surface area (Å²) in [5.41, 5.74) is -15.0. The van der Waals surface area contributed by atoms with E-state index in [0.29, 0.717) is 52.9 Å². The first-order valence-electron chi connectivity index (χ1n) is 75.2. The Morgan fingerprint density at radius 3 is 0.697 bits per heavy atom. The van der Waals surface area contributed by atoms with Gasteiger partial charge in [0.1, 0.15) is 0 Å². The number of hydrogen-bond acceptors (Lipinski definition) is 20. The van der Waals surface area contributed by atoms with E-state index in [4.69, 9.17) is 145 Å². The van der Waals surface area contributed by atoms with Crippen molar-refractivity contribution < 1.29 is 177 Å². The molecule has 664 valence electrons. The Bertz CT molecular complexity index is 7330. The topological polar surface area (TPSA) is 210 Å². The summed E-state index contributed by atoms with van der Waals surface area (Å²) in [6.07, 6.45) is -56.4. The maximum absolute atomic E-state index is 11.5. The van der Waals surface area contributed by atoms with Gasteiger partial charge in [0.05, 0.1) is 127 Å². The molecule has 5 fully saturated rings. The van der Waals surface area contributed by atoms with E-state index in [9.17, 15) is 32.4 Å². The lowest BCUT2D eigenvalue weighted by Gasteiger charge is -2.47. The molecular weight excluding hydrogens is 1500 g/mol. The fourth-order valence-corrected chi connectivity index (χ4v) is 13.9. The number of fused-ring (bicyclic) bond motifs is 15. The summed E-state index contributed by atoms with van der Waals surface area (Å²) in [5, 5.41) is 57.2. The molecule has 0 aliphatic carbocycles. The van der Waals surface area contributed by atoms with Crippen LogP contribution in [-0.4, -0.2) is 217 Å². The smallest absolute Gasteiger partial charge is 0.161 e. The fraction of sp³-hybridized carbons (Fsp3) is 0.697. The minimum Gasteiger partial charge on any atom is -0.493 e. The second-order valence-corrected chi connectivity index (χ2v) is 29.3. The molecule has 0 amide bonds. The zero-order chi connectivity index (χ0) is 153. The van der Waals surface area contributed by atoms with Crippen molar-refractivity contribution in [2.75, 3.05) is 136 Å². The molecule has 5 saturated heterocycles. The van der Waals surface area contributed by atoms with Crippen LogP contribution in [0.15, 0.2) is 60.7 Å². The lowest BCUT2D eigenvalue weighted by atomic mass is 9.75. The Balaban J connectivity index is 0.000000225. The predicted molar refractivity (Wildman–Crippen MR) is 474 cm³/mol. The minimum atomic E-state index is -4.36. The number of piperidine rings is 5. The van der Waals surface area contributed by atoms with E-state index in [-0.39, 0.29) is 136 Å². The SMILES string of the molecule is [2H]C([2H])([2H])C(C)(C([2H])([2H])[2H])C([2H])([2H])C1([2H])C([2H])([2H])N2CCc3cc(OC)c(OC)cc3C2([2H])C([2H])([2H])C1([2H])O.[2H]C([2H])([2H])C(C)(C([2H])([2H])[2H])C([2H])([2H])C1([2H])C([2H])([2H])N2CCc3cc(OC)c(OC)cc3C2([2H])C([2H])([2H])C1([2H])O.[2H]C([2H])([2H])Oc1cc2c(cc1OC)CCN1C([2H])([2H])C([2H])(C([2H])([2H])C(C)(C([2H])([2H])[2H])C([2H])([2H])[2H])C([2H])(O)C([2H])([2H])C21[2H].[2H]C([2H])([2H])Oc1cc2c(cc1OC)CCN1C([2H])([2H])C([2H])(C([2H])([2H])C(C)(C([2H])([2H])[2H])C([2H])([2H])[2H])C([2H])(O)C([2H])([2H])C21[2H].[2H]C([2H])([2H])Oc1cc2c(cc1OC)CCN1C([2H])([2H])C([2H])(CC(C)C)C([2H])(O)C([2H])([2H])C21[2H]. The van der Waals surface area contributed by atoms with Gasteiger partial charge in [-0.25, -0.2) is 0 Å². The third kappa shape index (κ3) is 22.8. The van der Waals surface area contributed by atoms with Crippen molar-refractivity contribution in [1.82, 2.24) is 24.5 Å². The van der Waals surface area contributed by atoms with Gasteiger partial charge in [-0.05, 0) is 269 Å². The van der Waals surface area contributed by atoms with Crippen LogP contribution in [-0.2, 0) is 32.1 Å². The molecule has 10 aliphatic heterocycles. The van der Waals surface area contributed by atoms with Crippen molar-refractivity contribution in [1.29, 1.82) is 0 Å². The van der Waals surface area contributed by atoms with Gasteiger partial charge in [0.25, 0.3) is 0 Å². The van der Waals surface area contributed by atoms with Gasteiger partial charge in [0.15, 0.2) is 57.5 Å². The second-order valence-electron chi connectivity index (χ2n) is 29.3. The largest absolute Gasteiger partial charge is 0.493 e. The molecule has 0 radical (unpaired) electrons.